The molecule has 1 atom stereocenters. The number of carbonyl (C=O) groups is 1. The molecule has 0 aliphatic carbocycles. The summed E-state index contributed by atoms with van der Waals surface area (Å²) in [6.45, 7) is 6.52. The minimum Gasteiger partial charge on any atom is -0.441 e. The lowest BCUT2D eigenvalue weighted by molar-refractivity contribution is 0.100. The van der Waals surface area contributed by atoms with Crippen LogP contribution in [0.2, 0.25) is 0 Å². The van der Waals surface area contributed by atoms with E-state index in [2.05, 4.69) is 11.8 Å². The zero-order valence-electron chi connectivity index (χ0n) is 17.0. The van der Waals surface area contributed by atoms with Crippen LogP contribution < -0.4 is 5.73 Å². The van der Waals surface area contributed by atoms with E-state index >= 15 is 0 Å². The van der Waals surface area contributed by atoms with E-state index in [0.717, 1.165) is 41.1 Å². The molecule has 1 unspecified atom stereocenters. The molecular weight excluding hydrogens is 362 g/mol. The second-order valence-corrected chi connectivity index (χ2v) is 7.82. The summed E-state index contributed by atoms with van der Waals surface area (Å²) in [5.74, 6) is 1.15. The van der Waals surface area contributed by atoms with E-state index in [-0.39, 0.29) is 0 Å². The number of nitrogens with two attached hydrogens (primary N) is 1. The predicted octanol–water partition coefficient (Wildman–Crippen LogP) is 4.44. The minimum atomic E-state index is -0.416. The summed E-state index contributed by atoms with van der Waals surface area (Å²) in [6.07, 6.45) is 3.51. The fourth-order valence-corrected chi connectivity index (χ4v) is 3.99. The third-order valence-electron chi connectivity index (χ3n) is 5.85. The molecule has 1 fully saturated rings. The Morgan fingerprint density at radius 2 is 1.72 bits per heavy atom. The maximum Gasteiger partial charge on any atom is 0.248 e. The summed E-state index contributed by atoms with van der Waals surface area (Å²) in [4.78, 5) is 18.5. The Morgan fingerprint density at radius 3 is 2.31 bits per heavy atom. The summed E-state index contributed by atoms with van der Waals surface area (Å²) in [5, 5.41) is 0. The van der Waals surface area contributed by atoms with Gasteiger partial charge in [0.15, 0.2) is 0 Å². The minimum absolute atomic E-state index is 0.416. The van der Waals surface area contributed by atoms with Gasteiger partial charge in [0, 0.05) is 30.1 Å². The maximum atomic E-state index is 11.2. The molecule has 150 valence electrons. The van der Waals surface area contributed by atoms with Gasteiger partial charge in [-0.2, -0.15) is 0 Å². The number of likely N-dealkylation sites (tertiary alicyclic amines) is 1. The molecular formula is C24H27N3O2. The Labute approximate surface area is 171 Å². The van der Waals surface area contributed by atoms with Crippen LogP contribution in [0.1, 0.15) is 41.6 Å². The first-order chi connectivity index (χ1) is 14.0. The molecule has 2 heterocycles. The summed E-state index contributed by atoms with van der Waals surface area (Å²) in [6, 6.07) is 16.1. The Morgan fingerprint density at radius 1 is 1.10 bits per heavy atom. The van der Waals surface area contributed by atoms with Crippen molar-refractivity contribution in [3.63, 3.8) is 0 Å². The third-order valence-corrected chi connectivity index (χ3v) is 5.85. The van der Waals surface area contributed by atoms with Gasteiger partial charge in [-0.05, 0) is 68.6 Å². The van der Waals surface area contributed by atoms with E-state index in [1.807, 2.05) is 43.3 Å². The van der Waals surface area contributed by atoms with Gasteiger partial charge in [-0.25, -0.2) is 4.98 Å². The van der Waals surface area contributed by atoms with Gasteiger partial charge in [0.1, 0.15) is 5.76 Å². The molecule has 1 aliphatic heterocycles. The number of hydrogen-bond acceptors (Lipinski definition) is 4. The first kappa shape index (κ1) is 19.4. The van der Waals surface area contributed by atoms with Crippen molar-refractivity contribution < 1.29 is 9.21 Å². The van der Waals surface area contributed by atoms with Gasteiger partial charge in [0.25, 0.3) is 0 Å². The largest absolute Gasteiger partial charge is 0.441 e. The quantitative estimate of drug-likeness (QED) is 0.676. The number of nitrogens with zero attached hydrogens (tertiary/aromatic N) is 2. The lowest BCUT2D eigenvalue weighted by Gasteiger charge is -2.20. The van der Waals surface area contributed by atoms with Crippen molar-refractivity contribution in [1.29, 1.82) is 0 Å². The molecule has 1 aliphatic rings. The van der Waals surface area contributed by atoms with Crippen LogP contribution in [-0.4, -0.2) is 34.9 Å². The van der Waals surface area contributed by atoms with E-state index in [1.54, 1.807) is 12.1 Å². The zero-order chi connectivity index (χ0) is 20.4. The van der Waals surface area contributed by atoms with Gasteiger partial charge < -0.3 is 15.1 Å². The number of aryl methyl sites for hydroxylation is 1. The number of aromatic nitrogens is 1. The van der Waals surface area contributed by atoms with Gasteiger partial charge in [-0.15, -0.1) is 0 Å². The summed E-state index contributed by atoms with van der Waals surface area (Å²) < 4.78 is 5.95. The lowest BCUT2D eigenvalue weighted by Crippen LogP contribution is -2.29. The van der Waals surface area contributed by atoms with Crippen LogP contribution in [0.4, 0.5) is 0 Å². The van der Waals surface area contributed by atoms with Crippen molar-refractivity contribution in [1.82, 2.24) is 9.88 Å². The molecule has 0 spiro atoms. The molecule has 2 N–H and O–H groups in total. The van der Waals surface area contributed by atoms with Crippen LogP contribution in [-0.2, 0) is 6.42 Å². The molecule has 5 nitrogen and oxygen atoms in total. The maximum absolute atomic E-state index is 11.2. The SMILES string of the molecule is Cc1oc(-c2ccc(-c3ccc(C(N)=O)cc3)cc2)nc1CCN1CCCC1C. The van der Waals surface area contributed by atoms with E-state index < -0.39 is 5.91 Å². The molecule has 0 radical (unpaired) electrons. The predicted molar refractivity (Wildman–Crippen MR) is 115 cm³/mol. The summed E-state index contributed by atoms with van der Waals surface area (Å²) >= 11 is 0. The number of rotatable bonds is 6. The monoisotopic (exact) mass is 389 g/mol. The molecule has 1 amide bonds. The van der Waals surface area contributed by atoms with Crippen LogP contribution in [0.15, 0.2) is 52.9 Å². The number of hydrogen-bond donors (Lipinski definition) is 1. The Bertz CT molecular complexity index is 990. The number of oxazole rings is 1. The van der Waals surface area contributed by atoms with Crippen molar-refractivity contribution in [2.75, 3.05) is 13.1 Å². The molecule has 5 heteroatoms. The molecule has 3 aromatic rings. The number of amides is 1. The second-order valence-electron chi connectivity index (χ2n) is 7.82. The van der Waals surface area contributed by atoms with Crippen LogP contribution in [0.25, 0.3) is 22.6 Å². The fourth-order valence-electron chi connectivity index (χ4n) is 3.99. The van der Waals surface area contributed by atoms with Crippen LogP contribution in [0.5, 0.6) is 0 Å². The highest BCUT2D eigenvalue weighted by Gasteiger charge is 2.21. The van der Waals surface area contributed by atoms with Crippen molar-refractivity contribution in [2.24, 2.45) is 5.73 Å². The molecule has 1 saturated heterocycles. The molecule has 2 aromatic carbocycles. The van der Waals surface area contributed by atoms with E-state index in [4.69, 9.17) is 15.1 Å². The average Bonchev–Trinajstić information content (AvgIpc) is 3.31. The van der Waals surface area contributed by atoms with E-state index in [0.29, 0.717) is 17.5 Å². The zero-order valence-corrected chi connectivity index (χ0v) is 17.0. The van der Waals surface area contributed by atoms with Crippen LogP contribution in [0, 0.1) is 6.92 Å². The second kappa shape index (κ2) is 8.21. The van der Waals surface area contributed by atoms with Crippen molar-refractivity contribution in [3.8, 4) is 22.6 Å². The van der Waals surface area contributed by atoms with Gasteiger partial charge in [0.2, 0.25) is 11.8 Å². The van der Waals surface area contributed by atoms with Crippen molar-refractivity contribution in [2.45, 2.75) is 39.2 Å². The van der Waals surface area contributed by atoms with Gasteiger partial charge in [-0.1, -0.05) is 24.3 Å². The van der Waals surface area contributed by atoms with Crippen LogP contribution in [0.3, 0.4) is 0 Å². The van der Waals surface area contributed by atoms with E-state index in [9.17, 15) is 4.79 Å². The molecule has 4 rings (SSSR count). The van der Waals surface area contributed by atoms with Crippen molar-refractivity contribution >= 4 is 5.91 Å². The Hall–Kier alpha value is -2.92. The highest BCUT2D eigenvalue weighted by molar-refractivity contribution is 5.93. The van der Waals surface area contributed by atoms with Gasteiger partial charge in [-0.3, -0.25) is 4.79 Å². The standard InChI is InChI=1S/C24H27N3O2/c1-16-4-3-14-27(16)15-13-22-17(2)29-24(26-22)21-11-7-19(8-12-21)18-5-9-20(10-6-18)23(25)28/h5-12,16H,3-4,13-15H2,1-2H3,(H2,25,28). The first-order valence-electron chi connectivity index (χ1n) is 10.2. The highest BCUT2D eigenvalue weighted by atomic mass is 16.4. The Kier molecular flexibility index (Phi) is 5.49. The first-order valence-corrected chi connectivity index (χ1v) is 10.2. The average molecular weight is 389 g/mol. The summed E-state index contributed by atoms with van der Waals surface area (Å²) in [5.41, 5.74) is 9.93. The number of carbonyl (C=O) groups excluding carboxylic acids is 1. The smallest absolute Gasteiger partial charge is 0.248 e. The number of primary amides is 1. The normalized spacial score (nSPS) is 17.0. The third kappa shape index (κ3) is 4.25. The van der Waals surface area contributed by atoms with Gasteiger partial charge in [0.05, 0.1) is 5.69 Å². The highest BCUT2D eigenvalue weighted by Crippen LogP contribution is 2.27. The fraction of sp³-hybridized carbons (Fsp3) is 0.333. The van der Waals surface area contributed by atoms with Gasteiger partial charge >= 0.3 is 0 Å². The summed E-state index contributed by atoms with van der Waals surface area (Å²) in [7, 11) is 0. The topological polar surface area (TPSA) is 72.4 Å². The molecule has 1 aromatic heterocycles. The van der Waals surface area contributed by atoms with E-state index in [1.165, 1.54) is 19.4 Å². The Balaban J connectivity index is 1.47. The molecule has 0 bridgehead atoms. The van der Waals surface area contributed by atoms with Crippen LogP contribution >= 0.6 is 0 Å². The lowest BCUT2D eigenvalue weighted by atomic mass is 10.0. The van der Waals surface area contributed by atoms with Crippen molar-refractivity contribution in [3.05, 3.63) is 65.5 Å². The molecule has 29 heavy (non-hydrogen) atoms. The molecule has 0 saturated carbocycles. The number of benzene rings is 2.